The standard InChI is InChI=1S/C16H24N2/c1-18-15(16(11-17)8-9-16)14-7-6-12-4-2-3-5-13(12)10-14/h6-7,10,15,18H,2-5,8-9,11,17H2,1H3. The van der Waals surface area contributed by atoms with Crippen LogP contribution in [-0.4, -0.2) is 13.6 Å². The molecule has 2 aliphatic rings. The van der Waals surface area contributed by atoms with E-state index in [9.17, 15) is 0 Å². The third kappa shape index (κ3) is 1.98. The number of hydrogen-bond acceptors (Lipinski definition) is 2. The minimum atomic E-state index is 0.331. The lowest BCUT2D eigenvalue weighted by Gasteiger charge is -2.27. The third-order valence-corrected chi connectivity index (χ3v) is 4.91. The van der Waals surface area contributed by atoms with Crippen LogP contribution in [0.1, 0.15) is 48.4 Å². The summed E-state index contributed by atoms with van der Waals surface area (Å²) >= 11 is 0. The van der Waals surface area contributed by atoms with Gasteiger partial charge in [0.15, 0.2) is 0 Å². The molecule has 2 aliphatic carbocycles. The van der Waals surface area contributed by atoms with E-state index >= 15 is 0 Å². The number of fused-ring (bicyclic) bond motifs is 1. The van der Waals surface area contributed by atoms with Crippen LogP contribution in [0, 0.1) is 5.41 Å². The topological polar surface area (TPSA) is 38.0 Å². The van der Waals surface area contributed by atoms with E-state index in [1.165, 1.54) is 44.1 Å². The van der Waals surface area contributed by atoms with Crippen molar-refractivity contribution in [2.75, 3.05) is 13.6 Å². The lowest BCUT2D eigenvalue weighted by atomic mass is 9.85. The molecule has 2 nitrogen and oxygen atoms in total. The maximum absolute atomic E-state index is 5.98. The van der Waals surface area contributed by atoms with Crippen molar-refractivity contribution in [3.8, 4) is 0 Å². The van der Waals surface area contributed by atoms with Crippen LogP contribution in [0.25, 0.3) is 0 Å². The van der Waals surface area contributed by atoms with Crippen LogP contribution in [0.5, 0.6) is 0 Å². The molecule has 2 heteroatoms. The predicted octanol–water partition coefficient (Wildman–Crippen LogP) is 2.56. The number of nitrogens with one attached hydrogen (secondary N) is 1. The number of rotatable bonds is 4. The molecule has 1 saturated carbocycles. The first-order valence-electron chi connectivity index (χ1n) is 7.28. The number of nitrogens with two attached hydrogens (primary N) is 1. The highest BCUT2D eigenvalue weighted by Crippen LogP contribution is 2.54. The molecule has 1 unspecified atom stereocenters. The molecular formula is C16H24N2. The zero-order valence-electron chi connectivity index (χ0n) is 11.3. The predicted molar refractivity (Wildman–Crippen MR) is 75.6 cm³/mol. The maximum Gasteiger partial charge on any atom is 0.0387 e. The van der Waals surface area contributed by atoms with Crippen LogP contribution in [0.3, 0.4) is 0 Å². The Kier molecular flexibility index (Phi) is 3.16. The summed E-state index contributed by atoms with van der Waals surface area (Å²) in [6.45, 7) is 0.801. The Morgan fingerprint density at radius 1 is 1.22 bits per heavy atom. The van der Waals surface area contributed by atoms with Gasteiger partial charge in [0.25, 0.3) is 0 Å². The molecular weight excluding hydrogens is 220 g/mol. The van der Waals surface area contributed by atoms with Crippen molar-refractivity contribution >= 4 is 0 Å². The molecule has 1 fully saturated rings. The van der Waals surface area contributed by atoms with E-state index in [-0.39, 0.29) is 0 Å². The third-order valence-electron chi connectivity index (χ3n) is 4.91. The van der Waals surface area contributed by atoms with Crippen molar-refractivity contribution in [2.24, 2.45) is 11.1 Å². The van der Waals surface area contributed by atoms with Crippen LogP contribution in [-0.2, 0) is 12.8 Å². The summed E-state index contributed by atoms with van der Waals surface area (Å²) < 4.78 is 0. The molecule has 1 aromatic carbocycles. The molecule has 0 aromatic heterocycles. The van der Waals surface area contributed by atoms with E-state index in [4.69, 9.17) is 5.73 Å². The van der Waals surface area contributed by atoms with E-state index in [1.807, 2.05) is 0 Å². The van der Waals surface area contributed by atoms with Gasteiger partial charge in [-0.1, -0.05) is 18.2 Å². The Labute approximate surface area is 110 Å². The summed E-state index contributed by atoms with van der Waals surface area (Å²) in [4.78, 5) is 0. The molecule has 0 saturated heterocycles. The maximum atomic E-state index is 5.98. The summed E-state index contributed by atoms with van der Waals surface area (Å²) in [6.07, 6.45) is 7.77. The molecule has 0 amide bonds. The van der Waals surface area contributed by atoms with Gasteiger partial charge in [-0.05, 0) is 68.8 Å². The monoisotopic (exact) mass is 244 g/mol. The highest BCUT2D eigenvalue weighted by atomic mass is 14.9. The molecule has 18 heavy (non-hydrogen) atoms. The second-order valence-corrected chi connectivity index (χ2v) is 6.02. The summed E-state index contributed by atoms with van der Waals surface area (Å²) in [5.74, 6) is 0. The van der Waals surface area contributed by atoms with Crippen molar-refractivity contribution in [1.82, 2.24) is 5.32 Å². The Hall–Kier alpha value is -0.860. The largest absolute Gasteiger partial charge is 0.330 e. The molecule has 3 N–H and O–H groups in total. The van der Waals surface area contributed by atoms with Crippen LogP contribution in [0.15, 0.2) is 18.2 Å². The average molecular weight is 244 g/mol. The summed E-state index contributed by atoms with van der Waals surface area (Å²) in [5.41, 5.74) is 10.9. The first-order valence-corrected chi connectivity index (χ1v) is 7.28. The van der Waals surface area contributed by atoms with Crippen LogP contribution < -0.4 is 11.1 Å². The van der Waals surface area contributed by atoms with E-state index < -0.39 is 0 Å². The lowest BCUT2D eigenvalue weighted by molar-refractivity contribution is 0.366. The average Bonchev–Trinajstić information content (AvgIpc) is 3.20. The molecule has 0 aliphatic heterocycles. The second-order valence-electron chi connectivity index (χ2n) is 6.02. The van der Waals surface area contributed by atoms with Crippen molar-refractivity contribution in [3.63, 3.8) is 0 Å². The minimum Gasteiger partial charge on any atom is -0.330 e. The first-order chi connectivity index (χ1) is 8.79. The molecule has 0 heterocycles. The molecule has 0 radical (unpaired) electrons. The fourth-order valence-electron chi connectivity index (χ4n) is 3.53. The molecule has 1 atom stereocenters. The van der Waals surface area contributed by atoms with Crippen LogP contribution >= 0.6 is 0 Å². The Bertz CT molecular complexity index is 435. The van der Waals surface area contributed by atoms with Gasteiger partial charge in [0, 0.05) is 11.5 Å². The normalized spacial score (nSPS) is 22.3. The lowest BCUT2D eigenvalue weighted by Crippen LogP contribution is -2.32. The van der Waals surface area contributed by atoms with Crippen molar-refractivity contribution in [2.45, 2.75) is 44.6 Å². The Morgan fingerprint density at radius 2 is 1.94 bits per heavy atom. The van der Waals surface area contributed by atoms with Crippen molar-refractivity contribution in [1.29, 1.82) is 0 Å². The fourth-order valence-corrected chi connectivity index (χ4v) is 3.53. The molecule has 3 rings (SSSR count). The molecule has 98 valence electrons. The quantitative estimate of drug-likeness (QED) is 0.854. The highest BCUT2D eigenvalue weighted by molar-refractivity contribution is 5.36. The molecule has 0 bridgehead atoms. The zero-order valence-corrected chi connectivity index (χ0v) is 11.3. The summed E-state index contributed by atoms with van der Waals surface area (Å²) in [6, 6.07) is 7.54. The summed E-state index contributed by atoms with van der Waals surface area (Å²) in [7, 11) is 2.07. The van der Waals surface area contributed by atoms with Gasteiger partial charge >= 0.3 is 0 Å². The van der Waals surface area contributed by atoms with Gasteiger partial charge in [0.1, 0.15) is 0 Å². The Morgan fingerprint density at radius 3 is 2.56 bits per heavy atom. The van der Waals surface area contributed by atoms with Crippen LogP contribution in [0.4, 0.5) is 0 Å². The van der Waals surface area contributed by atoms with Gasteiger partial charge in [0.2, 0.25) is 0 Å². The molecule has 1 aromatic rings. The minimum absolute atomic E-state index is 0.331. The van der Waals surface area contributed by atoms with Crippen molar-refractivity contribution < 1.29 is 0 Å². The smallest absolute Gasteiger partial charge is 0.0387 e. The molecule has 0 spiro atoms. The van der Waals surface area contributed by atoms with Gasteiger partial charge < -0.3 is 11.1 Å². The van der Waals surface area contributed by atoms with E-state index in [0.717, 1.165) is 6.54 Å². The second kappa shape index (κ2) is 4.67. The number of aryl methyl sites for hydroxylation is 2. The van der Waals surface area contributed by atoms with Gasteiger partial charge in [-0.3, -0.25) is 0 Å². The first kappa shape index (κ1) is 12.2. The fraction of sp³-hybridized carbons (Fsp3) is 0.625. The van der Waals surface area contributed by atoms with Gasteiger partial charge in [-0.15, -0.1) is 0 Å². The zero-order chi connectivity index (χ0) is 12.6. The van der Waals surface area contributed by atoms with E-state index in [1.54, 1.807) is 11.1 Å². The summed E-state index contributed by atoms with van der Waals surface area (Å²) in [5, 5.41) is 3.50. The van der Waals surface area contributed by atoms with Gasteiger partial charge in [0.05, 0.1) is 0 Å². The number of hydrogen-bond donors (Lipinski definition) is 2. The number of benzene rings is 1. The SMILES string of the molecule is CNC(c1ccc2c(c1)CCCC2)C1(CN)CC1. The Balaban J connectivity index is 1.91. The highest BCUT2D eigenvalue weighted by Gasteiger charge is 2.48. The van der Waals surface area contributed by atoms with Gasteiger partial charge in [-0.25, -0.2) is 0 Å². The van der Waals surface area contributed by atoms with E-state index in [2.05, 4.69) is 30.6 Å². The van der Waals surface area contributed by atoms with Crippen LogP contribution in [0.2, 0.25) is 0 Å². The van der Waals surface area contributed by atoms with E-state index in [0.29, 0.717) is 11.5 Å². The van der Waals surface area contributed by atoms with Gasteiger partial charge in [-0.2, -0.15) is 0 Å². The van der Waals surface area contributed by atoms with Crippen molar-refractivity contribution in [3.05, 3.63) is 34.9 Å².